The molecule has 0 spiro atoms. The Bertz CT molecular complexity index is 1820. The Morgan fingerprint density at radius 3 is 2.66 bits per heavy atom. The van der Waals surface area contributed by atoms with E-state index in [-0.39, 0.29) is 45.7 Å². The summed E-state index contributed by atoms with van der Waals surface area (Å²) in [5.41, 5.74) is 0.376. The minimum Gasteiger partial charge on any atom is -0.434 e. The summed E-state index contributed by atoms with van der Waals surface area (Å²) in [6.07, 6.45) is 9.81. The van der Waals surface area contributed by atoms with Crippen LogP contribution in [0.1, 0.15) is 28.8 Å². The quantitative estimate of drug-likeness (QED) is 0.265. The fourth-order valence-electron chi connectivity index (χ4n) is 5.17. The number of piperidine rings is 1. The summed E-state index contributed by atoms with van der Waals surface area (Å²) >= 11 is 6.20. The van der Waals surface area contributed by atoms with Crippen molar-refractivity contribution in [2.45, 2.75) is 31.6 Å². The number of nitrogens with one attached hydrogen (secondary N) is 1. The van der Waals surface area contributed by atoms with Crippen LogP contribution in [0.4, 0.5) is 14.5 Å². The number of ether oxygens (including phenoxy) is 1. The third-order valence-electron chi connectivity index (χ3n) is 7.40. The first-order chi connectivity index (χ1) is 21.2. The fraction of sp³-hybridized carbons (Fsp3) is 0.241. The van der Waals surface area contributed by atoms with Gasteiger partial charge in [0.2, 0.25) is 5.91 Å². The lowest BCUT2D eigenvalue weighted by Crippen LogP contribution is -2.46. The topological polar surface area (TPSA) is 140 Å². The number of hydrogen-bond donors (Lipinski definition) is 2. The number of halogens is 3. The molecule has 5 aromatic rings. The molecule has 12 nitrogen and oxygen atoms in total. The predicted molar refractivity (Wildman–Crippen MR) is 154 cm³/mol. The van der Waals surface area contributed by atoms with E-state index in [4.69, 9.17) is 16.3 Å². The molecule has 1 aliphatic heterocycles. The molecule has 4 aromatic heterocycles. The van der Waals surface area contributed by atoms with E-state index in [1.54, 1.807) is 41.7 Å². The third kappa shape index (κ3) is 5.94. The number of rotatable bonds is 8. The van der Waals surface area contributed by atoms with Crippen LogP contribution >= 0.6 is 11.6 Å². The van der Waals surface area contributed by atoms with Crippen molar-refractivity contribution < 1.29 is 28.2 Å². The van der Waals surface area contributed by atoms with Gasteiger partial charge in [0.25, 0.3) is 5.91 Å². The molecule has 0 radical (unpaired) electrons. The molecule has 1 aliphatic rings. The van der Waals surface area contributed by atoms with Gasteiger partial charge in [-0.05, 0) is 54.8 Å². The molecule has 0 saturated carbocycles. The molecule has 1 aromatic carbocycles. The first kappa shape index (κ1) is 29.1. The highest BCUT2D eigenvalue weighted by Crippen LogP contribution is 2.37. The van der Waals surface area contributed by atoms with Gasteiger partial charge >= 0.3 is 6.61 Å². The van der Waals surface area contributed by atoms with Crippen molar-refractivity contribution in [3.8, 4) is 17.0 Å². The Kier molecular flexibility index (Phi) is 7.93. The first-order valence-electron chi connectivity index (χ1n) is 13.5. The molecule has 1 fully saturated rings. The zero-order valence-corrected chi connectivity index (χ0v) is 23.7. The van der Waals surface area contributed by atoms with Gasteiger partial charge in [-0.25, -0.2) is 9.50 Å². The van der Waals surface area contributed by atoms with Crippen LogP contribution in [0.15, 0.2) is 73.6 Å². The van der Waals surface area contributed by atoms with Crippen LogP contribution in [0.5, 0.6) is 5.75 Å². The number of likely N-dealkylation sites (tertiary alicyclic amines) is 1. The van der Waals surface area contributed by atoms with E-state index in [1.165, 1.54) is 46.0 Å². The number of aromatic nitrogens is 6. The van der Waals surface area contributed by atoms with Crippen LogP contribution in [0, 0.1) is 0 Å². The largest absolute Gasteiger partial charge is 0.434 e. The van der Waals surface area contributed by atoms with Crippen LogP contribution in [-0.4, -0.2) is 70.9 Å². The average molecular weight is 623 g/mol. The number of fused-ring (bicyclic) bond motifs is 1. The van der Waals surface area contributed by atoms with Crippen molar-refractivity contribution in [1.82, 2.24) is 34.3 Å². The first-order valence-corrected chi connectivity index (χ1v) is 13.9. The number of carbonyl (C=O) groups is 2. The van der Waals surface area contributed by atoms with Crippen molar-refractivity contribution in [3.05, 3.63) is 89.7 Å². The molecule has 1 saturated heterocycles. The molecule has 5 heterocycles. The van der Waals surface area contributed by atoms with Crippen molar-refractivity contribution in [2.24, 2.45) is 0 Å². The number of benzene rings is 1. The van der Waals surface area contributed by atoms with Crippen LogP contribution in [-0.2, 0) is 16.9 Å². The second-order valence-electron chi connectivity index (χ2n) is 10.2. The van der Waals surface area contributed by atoms with Gasteiger partial charge in [-0.15, -0.1) is 0 Å². The zero-order valence-electron chi connectivity index (χ0n) is 23.0. The summed E-state index contributed by atoms with van der Waals surface area (Å²) in [4.78, 5) is 36.5. The number of nitrogens with zero attached hydrogens (tertiary/aromatic N) is 7. The van der Waals surface area contributed by atoms with E-state index >= 15 is 0 Å². The fourth-order valence-corrected chi connectivity index (χ4v) is 5.34. The predicted octanol–water partition coefficient (Wildman–Crippen LogP) is 4.01. The Labute approximate surface area is 253 Å². The molecule has 226 valence electrons. The summed E-state index contributed by atoms with van der Waals surface area (Å²) in [5, 5.41) is 22.7. The van der Waals surface area contributed by atoms with Gasteiger partial charge in [0, 0.05) is 54.7 Å². The van der Waals surface area contributed by atoms with E-state index in [0.717, 1.165) is 5.56 Å². The molecule has 0 unspecified atom stereocenters. The van der Waals surface area contributed by atoms with E-state index in [0.29, 0.717) is 31.6 Å². The Morgan fingerprint density at radius 2 is 1.91 bits per heavy atom. The van der Waals surface area contributed by atoms with E-state index < -0.39 is 18.1 Å². The summed E-state index contributed by atoms with van der Waals surface area (Å²) in [6.45, 7) is -2.75. The second-order valence-corrected chi connectivity index (χ2v) is 10.6. The van der Waals surface area contributed by atoms with Crippen LogP contribution in [0.3, 0.4) is 0 Å². The number of carbonyl (C=O) groups excluding carboxylic acids is 2. The lowest BCUT2D eigenvalue weighted by Gasteiger charge is -2.38. The molecular weight excluding hydrogens is 598 g/mol. The summed E-state index contributed by atoms with van der Waals surface area (Å²) < 4.78 is 34.0. The summed E-state index contributed by atoms with van der Waals surface area (Å²) in [7, 11) is 0. The maximum Gasteiger partial charge on any atom is 0.387 e. The highest BCUT2D eigenvalue weighted by atomic mass is 35.5. The van der Waals surface area contributed by atoms with Gasteiger partial charge in [0.15, 0.2) is 5.65 Å². The minimum absolute atomic E-state index is 0.0550. The normalized spacial score (nSPS) is 14.6. The summed E-state index contributed by atoms with van der Waals surface area (Å²) in [5.74, 6) is -1.09. The second kappa shape index (κ2) is 12.0. The van der Waals surface area contributed by atoms with Crippen molar-refractivity contribution in [1.29, 1.82) is 0 Å². The zero-order chi connectivity index (χ0) is 30.8. The van der Waals surface area contributed by atoms with Crippen molar-refractivity contribution in [2.75, 3.05) is 18.4 Å². The van der Waals surface area contributed by atoms with Crippen molar-refractivity contribution >= 4 is 34.7 Å². The average Bonchev–Trinajstić information content (AvgIpc) is 3.62. The highest BCUT2D eigenvalue weighted by molar-refractivity contribution is 6.31. The molecule has 15 heteroatoms. The van der Waals surface area contributed by atoms with Gasteiger partial charge in [0.05, 0.1) is 17.5 Å². The molecule has 0 bridgehead atoms. The third-order valence-corrected chi connectivity index (χ3v) is 7.64. The Morgan fingerprint density at radius 1 is 1.14 bits per heavy atom. The molecule has 2 amide bonds. The van der Waals surface area contributed by atoms with Crippen LogP contribution < -0.4 is 10.1 Å². The van der Waals surface area contributed by atoms with E-state index in [1.807, 2.05) is 0 Å². The standard InChI is InChI=1S/C29H25ClF2N8O4/c30-19-2-3-23(44-28(31)32)20(14-19)25-22(36-27(42)21-15-35-40-11-1-8-34-26(21)40)16-39(37-25)17-24(41)38-12-6-29(43,7-13-38)18-4-9-33-10-5-18/h1-5,8-11,14-16,28,43H,6-7,12-13,17H2,(H,36,42). The molecular formula is C29H25ClF2N8O4. The highest BCUT2D eigenvalue weighted by Gasteiger charge is 2.35. The number of aliphatic hydroxyl groups is 1. The lowest BCUT2D eigenvalue weighted by atomic mass is 9.85. The van der Waals surface area contributed by atoms with Crippen LogP contribution in [0.25, 0.3) is 16.9 Å². The van der Waals surface area contributed by atoms with E-state index in [9.17, 15) is 23.5 Å². The maximum atomic E-state index is 13.3. The number of hydrogen-bond acceptors (Lipinski definition) is 8. The van der Waals surface area contributed by atoms with Crippen LogP contribution in [0.2, 0.25) is 5.02 Å². The number of amides is 2. The number of anilines is 1. The van der Waals surface area contributed by atoms with Gasteiger partial charge in [-0.1, -0.05) is 11.6 Å². The summed E-state index contributed by atoms with van der Waals surface area (Å²) in [6, 6.07) is 9.20. The molecule has 2 N–H and O–H groups in total. The monoisotopic (exact) mass is 622 g/mol. The maximum absolute atomic E-state index is 13.3. The van der Waals surface area contributed by atoms with Gasteiger partial charge < -0.3 is 20.1 Å². The Balaban J connectivity index is 1.28. The smallest absolute Gasteiger partial charge is 0.387 e. The molecule has 0 aliphatic carbocycles. The van der Waals surface area contributed by atoms with Gasteiger partial charge in [-0.3, -0.25) is 19.3 Å². The van der Waals surface area contributed by atoms with Gasteiger partial charge in [-0.2, -0.15) is 19.0 Å². The van der Waals surface area contributed by atoms with Gasteiger partial charge in [0.1, 0.15) is 23.6 Å². The lowest BCUT2D eigenvalue weighted by molar-refractivity contribution is -0.136. The SMILES string of the molecule is O=C(Nc1cn(CC(=O)N2CCC(O)(c3ccncc3)CC2)nc1-c1cc(Cl)ccc1OC(F)F)c1cnn2cccnc12. The minimum atomic E-state index is -3.13. The Hall–Kier alpha value is -4.95. The van der Waals surface area contributed by atoms with Crippen molar-refractivity contribution in [3.63, 3.8) is 0 Å². The number of alkyl halides is 2. The molecule has 44 heavy (non-hydrogen) atoms. The number of pyridine rings is 1. The molecule has 0 atom stereocenters. The molecule has 6 rings (SSSR count). The van der Waals surface area contributed by atoms with E-state index in [2.05, 4.69) is 25.5 Å².